The number of rotatable bonds is 0. The minimum absolute atomic E-state index is 0. The van der Waals surface area contributed by atoms with E-state index in [9.17, 15) is 0 Å². The van der Waals surface area contributed by atoms with Crippen LogP contribution in [0.5, 0.6) is 0 Å². The molecular weight excluding hydrogens is 1620 g/mol. The molecule has 349 valence electrons. The second-order valence-corrected chi connectivity index (χ2v) is 0. The van der Waals surface area contributed by atoms with E-state index in [0.717, 1.165) is 0 Å². The van der Waals surface area contributed by atoms with Crippen molar-refractivity contribution < 1.29 is 277 Å². The van der Waals surface area contributed by atoms with Gasteiger partial charge in [0.15, 0.2) is 0 Å². The summed E-state index contributed by atoms with van der Waals surface area (Å²) in [6, 6.07) is 0. The standard InChI is InChI=1S/5Cs.40H2O.H3P.2V.W/h;;;;;40*1H2;1H3;;;. The van der Waals surface area contributed by atoms with E-state index >= 15 is 0 Å². The second-order valence-electron chi connectivity index (χ2n) is 0. The molecular formula is H83Cs5O40PV2W. The summed E-state index contributed by atoms with van der Waals surface area (Å²) in [5.74, 6) is 0. The zero-order valence-electron chi connectivity index (χ0n) is 27.0. The quantitative estimate of drug-likeness (QED) is 0.204. The zero-order chi connectivity index (χ0) is 0. The summed E-state index contributed by atoms with van der Waals surface area (Å²) in [4.78, 5) is 0. The first-order valence-corrected chi connectivity index (χ1v) is 0. The minimum atomic E-state index is 0. The Kier molecular flexibility index (Phi) is 58600. The van der Waals surface area contributed by atoms with Crippen LogP contribution in [0.15, 0.2) is 0 Å². The maximum Gasteiger partial charge on any atom is 0 e. The molecule has 1 atom stereocenters. The van der Waals surface area contributed by atoms with Gasteiger partial charge in [0.2, 0.25) is 0 Å². The maximum atomic E-state index is 0. The summed E-state index contributed by atoms with van der Waals surface area (Å²) in [6.45, 7) is 0. The average Bonchev–Trinajstić information content (AvgIpc) is 0. The monoisotopic (exact) mass is 1700 g/mol. The molecule has 0 spiro atoms. The molecule has 49 heavy (non-hydrogen) atoms. The molecule has 0 aliphatic heterocycles. The molecule has 0 amide bonds. The van der Waals surface area contributed by atoms with Crippen molar-refractivity contribution in [3.05, 3.63) is 0 Å². The van der Waals surface area contributed by atoms with E-state index in [0.29, 0.717) is 0 Å². The molecule has 0 saturated heterocycles. The fraction of sp³-hybridized carbons (Fsp3) is 0. The van der Waals surface area contributed by atoms with Crippen LogP contribution in [0, 0.1) is 0 Å². The molecule has 7 radical (unpaired) electrons. The Morgan fingerprint density at radius 2 is 0.102 bits per heavy atom. The SMILES string of the molecule is O.O.O.O.O.O.O.O.O.O.O.O.O.O.O.O.O.O.O.O.O.O.O.O.O.O.O.O.O.O.O.O.O.O.O.O.O.O.O.O.P.[Cs].[Cs].[Cs].[Cs].[Cs].[V].[V].[W]. The fourth-order valence-corrected chi connectivity index (χ4v) is 0. The molecule has 0 aromatic heterocycles. The van der Waals surface area contributed by atoms with Crippen LogP contribution in [0.25, 0.3) is 0 Å². The van der Waals surface area contributed by atoms with E-state index in [1.165, 1.54) is 0 Å². The van der Waals surface area contributed by atoms with Gasteiger partial charge in [0.25, 0.3) is 0 Å². The van der Waals surface area contributed by atoms with Gasteiger partial charge in [0, 0.05) is 403 Å². The van der Waals surface area contributed by atoms with Gasteiger partial charge in [-0.1, -0.05) is 0 Å². The average molecular weight is 1700 g/mol. The Labute approximate surface area is 613 Å². The Bertz CT molecular complexity index is 48.6. The van der Waals surface area contributed by atoms with Gasteiger partial charge in [-0.25, -0.2) is 0 Å². The summed E-state index contributed by atoms with van der Waals surface area (Å²) < 4.78 is 0. The molecule has 80 N–H and O–H groups in total. The van der Waals surface area contributed by atoms with Crippen molar-refractivity contribution in [2.45, 2.75) is 0 Å². The predicted molar refractivity (Wildman–Crippen MR) is 184 cm³/mol. The molecule has 0 aromatic carbocycles. The van der Waals surface area contributed by atoms with Crippen molar-refractivity contribution in [2.75, 3.05) is 0 Å². The van der Waals surface area contributed by atoms with Crippen molar-refractivity contribution in [1.82, 2.24) is 0 Å². The Hall–Kier alpha value is 10.9. The molecule has 49 heteroatoms. The van der Waals surface area contributed by atoms with Gasteiger partial charge < -0.3 is 219 Å². The van der Waals surface area contributed by atoms with E-state index < -0.39 is 0 Å². The third-order valence-electron chi connectivity index (χ3n) is 0. The van der Waals surface area contributed by atoms with E-state index in [1.807, 2.05) is 0 Å². The Morgan fingerprint density at radius 3 is 0.102 bits per heavy atom. The molecule has 0 bridgehead atoms. The first-order chi connectivity index (χ1) is 0. The van der Waals surface area contributed by atoms with Crippen molar-refractivity contribution in [1.29, 1.82) is 0 Å². The summed E-state index contributed by atoms with van der Waals surface area (Å²) in [5.41, 5.74) is 0. The smallest absolute Gasteiger partial charge is 0 e. The fourth-order valence-electron chi connectivity index (χ4n) is 0. The molecule has 40 nitrogen and oxygen atoms in total. The van der Waals surface area contributed by atoms with Crippen LogP contribution >= 0.6 is 9.90 Å². The van der Waals surface area contributed by atoms with Gasteiger partial charge in [-0.2, -0.15) is 9.90 Å². The van der Waals surface area contributed by atoms with Crippen LogP contribution in [0.2, 0.25) is 0 Å². The summed E-state index contributed by atoms with van der Waals surface area (Å²) in [7, 11) is 0. The Balaban J connectivity index is 0. The first kappa shape index (κ1) is 1740. The zero-order valence-corrected chi connectivity index (χ0v) is 65.6. The van der Waals surface area contributed by atoms with Gasteiger partial charge in [-0.05, 0) is 0 Å². The Morgan fingerprint density at radius 1 is 0.102 bits per heavy atom. The normalized spacial score (nSPS) is 0. The second kappa shape index (κ2) is 1650. The van der Waals surface area contributed by atoms with E-state index in [1.54, 1.807) is 0 Å². The van der Waals surface area contributed by atoms with Gasteiger partial charge in [0.05, 0.1) is 0 Å². The van der Waals surface area contributed by atoms with Crippen LogP contribution in [0.1, 0.15) is 0 Å². The molecule has 0 fully saturated rings. The van der Waals surface area contributed by atoms with Gasteiger partial charge in [-0.3, -0.25) is 0 Å². The molecule has 0 aliphatic carbocycles. The third kappa shape index (κ3) is 1600. The molecule has 0 aromatic rings. The van der Waals surface area contributed by atoms with Crippen molar-refractivity contribution in [3.8, 4) is 0 Å². The van der Waals surface area contributed by atoms with E-state index in [2.05, 4.69) is 0 Å². The minimum Gasteiger partial charge on any atom is -0.412 e. The maximum absolute atomic E-state index is 0. The van der Waals surface area contributed by atoms with Crippen LogP contribution in [0.3, 0.4) is 0 Å². The summed E-state index contributed by atoms with van der Waals surface area (Å²) in [5, 5.41) is 0. The topological polar surface area (TPSA) is 1260 Å². The third-order valence-corrected chi connectivity index (χ3v) is 0. The largest absolute Gasteiger partial charge is 0.412 e. The van der Waals surface area contributed by atoms with Gasteiger partial charge >= 0.3 is 0 Å². The molecule has 1 unspecified atom stereocenters. The number of hydrogen-bond donors (Lipinski definition) is 0. The van der Waals surface area contributed by atoms with Crippen molar-refractivity contribution in [3.63, 3.8) is 0 Å². The summed E-state index contributed by atoms with van der Waals surface area (Å²) >= 11 is 0. The molecule has 0 aliphatic rings. The molecule has 0 rings (SSSR count). The molecule has 0 heterocycles. The predicted octanol–water partition coefficient (Wildman–Crippen LogP) is -34.8. The van der Waals surface area contributed by atoms with Crippen molar-refractivity contribution in [2.24, 2.45) is 0 Å². The van der Waals surface area contributed by atoms with Crippen molar-refractivity contribution >= 4 is 354 Å². The first-order valence-electron chi connectivity index (χ1n) is 0. The van der Waals surface area contributed by atoms with Gasteiger partial charge in [0.1, 0.15) is 0 Å². The van der Waals surface area contributed by atoms with Crippen LogP contribution < -0.4 is 0 Å². The van der Waals surface area contributed by atoms with Gasteiger partial charge in [-0.15, -0.1) is 0 Å². The molecule has 0 saturated carbocycles. The summed E-state index contributed by atoms with van der Waals surface area (Å²) in [6.07, 6.45) is 0. The van der Waals surface area contributed by atoms with Crippen LogP contribution in [-0.4, -0.2) is 564 Å². The number of hydrogen-bond acceptors (Lipinski definition) is 0. The van der Waals surface area contributed by atoms with E-state index in [4.69, 9.17) is 0 Å². The van der Waals surface area contributed by atoms with E-state index in [-0.39, 0.29) is 632 Å². The van der Waals surface area contributed by atoms with Crippen LogP contribution in [-0.2, 0) is 58.2 Å². The van der Waals surface area contributed by atoms with Crippen LogP contribution in [0.4, 0.5) is 0 Å².